The van der Waals surface area contributed by atoms with E-state index < -0.39 is 0 Å². The topological polar surface area (TPSA) is 69.1 Å². The minimum atomic E-state index is -0.249. The number of nitrogens with zero attached hydrogens (tertiary/aromatic N) is 2. The summed E-state index contributed by atoms with van der Waals surface area (Å²) in [5.74, 6) is -0.287. The van der Waals surface area contributed by atoms with Crippen LogP contribution in [-0.2, 0) is 30.2 Å². The third-order valence-corrected chi connectivity index (χ3v) is 4.78. The predicted molar refractivity (Wildman–Crippen MR) is 119 cm³/mol. The van der Waals surface area contributed by atoms with Crippen LogP contribution in [0.3, 0.4) is 0 Å². The number of pyridine rings is 2. The van der Waals surface area contributed by atoms with Gasteiger partial charge in [0.25, 0.3) is 0 Å². The Morgan fingerprint density at radius 1 is 0.677 bits per heavy atom. The molecule has 0 saturated carbocycles. The number of halogens is 1. The van der Waals surface area contributed by atoms with E-state index in [2.05, 4.69) is 68.2 Å². The molecule has 0 unspecified atom stereocenters. The summed E-state index contributed by atoms with van der Waals surface area (Å²) < 4.78 is 0. The first-order chi connectivity index (χ1) is 14.7. The molecule has 1 N–H and O–H groups in total. The molecule has 1 aliphatic carbocycles. The van der Waals surface area contributed by atoms with Crippen LogP contribution >= 0.6 is 9.69 Å². The average Bonchev–Trinajstić information content (AvgIpc) is 2.80. The first-order valence-electron chi connectivity index (χ1n) is 9.25. The number of hydrogen-bond donors (Lipinski definition) is 1. The molecule has 0 radical (unpaired) electrons. The Labute approximate surface area is 197 Å². The summed E-state index contributed by atoms with van der Waals surface area (Å²) in [5, 5.41) is 20.8. The van der Waals surface area contributed by atoms with Crippen LogP contribution in [0.4, 0.5) is 0 Å². The Balaban J connectivity index is 0.000000198. The van der Waals surface area contributed by atoms with Gasteiger partial charge in [0.15, 0.2) is 0 Å². The van der Waals surface area contributed by atoms with Gasteiger partial charge in [-0.1, -0.05) is 60.3 Å². The first kappa shape index (κ1) is 24.5. The molecule has 160 valence electrons. The molecule has 1 aliphatic rings. The van der Waals surface area contributed by atoms with E-state index in [-0.39, 0.29) is 30.3 Å². The van der Waals surface area contributed by atoms with Crippen molar-refractivity contribution in [2.75, 3.05) is 0 Å². The van der Waals surface area contributed by atoms with Gasteiger partial charge in [0.2, 0.25) is 0 Å². The molecule has 0 saturated heterocycles. The van der Waals surface area contributed by atoms with Crippen molar-refractivity contribution in [3.8, 4) is 22.9 Å². The molecule has 4 nitrogen and oxygen atoms in total. The van der Waals surface area contributed by atoms with Crippen molar-refractivity contribution in [2.24, 2.45) is 0 Å². The number of rotatable bonds is 1. The molecule has 0 fully saturated rings. The van der Waals surface area contributed by atoms with Crippen LogP contribution in [-0.4, -0.2) is 15.1 Å². The molecule has 0 aliphatic heterocycles. The van der Waals surface area contributed by atoms with Gasteiger partial charge < -0.3 is 17.6 Å². The molecule has 2 heterocycles. The third-order valence-electron chi connectivity index (χ3n) is 4.78. The van der Waals surface area contributed by atoms with Gasteiger partial charge in [-0.05, 0) is 53.3 Å². The van der Waals surface area contributed by atoms with Crippen LogP contribution in [0.25, 0.3) is 11.4 Å². The molecule has 2 aromatic heterocycles. The maximum Gasteiger partial charge on any atom is 0.143 e. The molecule has 2 aromatic carbocycles. The fourth-order valence-corrected chi connectivity index (χ4v) is 3.36. The molecule has 6 heteroatoms. The number of hydrogen-bond acceptors (Lipinski definition) is 4. The fourth-order valence-electron chi connectivity index (χ4n) is 3.36. The molecule has 0 bridgehead atoms. The van der Waals surface area contributed by atoms with Crippen molar-refractivity contribution >= 4 is 9.69 Å². The molecular weight excluding hydrogens is 497 g/mol. The van der Waals surface area contributed by atoms with Gasteiger partial charge in [0, 0.05) is 12.4 Å². The molecule has 5 rings (SSSR count). The predicted octanol–water partition coefficient (Wildman–Crippen LogP) is 5.24. The van der Waals surface area contributed by atoms with Gasteiger partial charge in [-0.3, -0.25) is 9.97 Å². The monoisotopic (exact) mass is 519 g/mol. The second kappa shape index (κ2) is 12.2. The van der Waals surface area contributed by atoms with E-state index in [1.54, 1.807) is 12.1 Å². The Morgan fingerprint density at radius 3 is 1.52 bits per heavy atom. The van der Waals surface area contributed by atoms with Gasteiger partial charge in [-0.2, -0.15) is 0 Å². The number of fused-ring (bicyclic) bond motifs is 2. The van der Waals surface area contributed by atoms with Crippen molar-refractivity contribution < 1.29 is 27.5 Å². The molecular formula is C25H22ClN2O2Ru-. The summed E-state index contributed by atoms with van der Waals surface area (Å²) in [6.07, 6.45) is 5.20. The van der Waals surface area contributed by atoms with E-state index in [4.69, 9.17) is 0 Å². The molecule has 0 amide bonds. The fraction of sp³-hybridized carbons (Fsp3) is 0.0800. The second-order valence-corrected chi connectivity index (χ2v) is 6.61. The summed E-state index contributed by atoms with van der Waals surface area (Å²) in [6, 6.07) is 23.5. The zero-order valence-electron chi connectivity index (χ0n) is 17.0. The maximum atomic E-state index is 11.4. The first-order valence-corrected chi connectivity index (χ1v) is 11.5. The molecule has 4 aromatic rings. The second-order valence-electron chi connectivity index (χ2n) is 6.61. The van der Waals surface area contributed by atoms with Gasteiger partial charge >= 0.3 is 27.0 Å². The minimum Gasteiger partial charge on any atom is -0.871 e. The summed E-state index contributed by atoms with van der Waals surface area (Å²) in [5.41, 5.74) is 6.36. The Hall–Kier alpha value is -2.75. The van der Waals surface area contributed by atoms with Gasteiger partial charge in [0.05, 0.1) is 5.69 Å². The largest absolute Gasteiger partial charge is 0.871 e. The normalized spacial score (nSPS) is 10.6. The smallest absolute Gasteiger partial charge is 0.143 e. The Bertz CT molecular complexity index is 991. The van der Waals surface area contributed by atoms with E-state index in [0.29, 0.717) is 0 Å². The summed E-state index contributed by atoms with van der Waals surface area (Å²) in [6.45, 7) is 0. The average molecular weight is 519 g/mol. The minimum absolute atomic E-state index is 0. The van der Waals surface area contributed by atoms with Crippen LogP contribution in [0, 0.1) is 7.43 Å². The van der Waals surface area contributed by atoms with Crippen molar-refractivity contribution in [2.45, 2.75) is 12.8 Å². The quantitative estimate of drug-likeness (QED) is 0.243. The summed E-state index contributed by atoms with van der Waals surface area (Å²) in [4.78, 5) is 7.77. The SMILES string of the molecule is [CH3-].[Cl][Ru+].[O-]c1cccnc1-c1ncccc1O.c1ccc2c(c1)Cc1ccccc1C2. The molecule has 31 heavy (non-hydrogen) atoms. The number of aromatic hydroxyl groups is 1. The van der Waals surface area contributed by atoms with Crippen LogP contribution in [0.2, 0.25) is 0 Å². The number of benzene rings is 2. The Kier molecular flexibility index (Phi) is 9.64. The van der Waals surface area contributed by atoms with Crippen molar-refractivity contribution in [1.82, 2.24) is 9.97 Å². The molecule has 0 spiro atoms. The van der Waals surface area contributed by atoms with Crippen molar-refractivity contribution in [3.05, 3.63) is 115 Å². The van der Waals surface area contributed by atoms with Crippen LogP contribution in [0.1, 0.15) is 22.3 Å². The van der Waals surface area contributed by atoms with E-state index in [1.807, 2.05) is 17.3 Å². The summed E-state index contributed by atoms with van der Waals surface area (Å²) in [7, 11) is 4.57. The van der Waals surface area contributed by atoms with Crippen molar-refractivity contribution in [3.63, 3.8) is 0 Å². The maximum absolute atomic E-state index is 11.4. The van der Waals surface area contributed by atoms with Gasteiger partial charge in [-0.15, -0.1) is 0 Å². The summed E-state index contributed by atoms with van der Waals surface area (Å²) >= 11 is 1.82. The van der Waals surface area contributed by atoms with E-state index in [1.165, 1.54) is 46.8 Å². The van der Waals surface area contributed by atoms with Gasteiger partial charge in [0.1, 0.15) is 11.4 Å². The molecule has 0 atom stereocenters. The standard InChI is InChI=1S/C14H12.C10H8N2O2.CH3.ClH.Ru/c1-2-6-12-10-14-8-4-3-7-13(14)9-11(12)5-1;13-7-3-1-5-11-9(7)10-8(14)4-2-6-12-10;;;/h1-8H,9-10H2;1-6,13-14H;1H3;1H;/q;;-1;;+2/p-2. The van der Waals surface area contributed by atoms with Gasteiger partial charge in [-0.25, -0.2) is 0 Å². The van der Waals surface area contributed by atoms with Crippen LogP contribution < -0.4 is 5.11 Å². The van der Waals surface area contributed by atoms with E-state index in [9.17, 15) is 10.2 Å². The van der Waals surface area contributed by atoms with Crippen LogP contribution in [0.5, 0.6) is 11.5 Å². The van der Waals surface area contributed by atoms with Crippen LogP contribution in [0.15, 0.2) is 85.2 Å². The zero-order valence-corrected chi connectivity index (χ0v) is 19.5. The zero-order chi connectivity index (χ0) is 21.3. The van der Waals surface area contributed by atoms with E-state index in [0.717, 1.165) is 12.8 Å². The van der Waals surface area contributed by atoms with E-state index >= 15 is 0 Å². The van der Waals surface area contributed by atoms with Crippen molar-refractivity contribution in [1.29, 1.82) is 0 Å². The Morgan fingerprint density at radius 2 is 1.10 bits per heavy atom. The third kappa shape index (κ3) is 6.13. The number of aromatic nitrogens is 2.